The van der Waals surface area contributed by atoms with Crippen LogP contribution < -0.4 is 15.4 Å². The minimum Gasteiger partial charge on any atom is -0.492 e. The third kappa shape index (κ3) is 7.24. The van der Waals surface area contributed by atoms with Gasteiger partial charge in [-0.2, -0.15) is 0 Å². The lowest BCUT2D eigenvalue weighted by Crippen LogP contribution is -2.15. The molecule has 0 aliphatic heterocycles. The van der Waals surface area contributed by atoms with Crippen LogP contribution in [-0.2, 0) is 11.2 Å². The summed E-state index contributed by atoms with van der Waals surface area (Å²) in [7, 11) is 0. The van der Waals surface area contributed by atoms with Gasteiger partial charge in [-0.05, 0) is 60.4 Å². The van der Waals surface area contributed by atoms with Crippen LogP contribution in [0.25, 0.3) is 0 Å². The molecule has 0 unspecified atom stereocenters. The Morgan fingerprint density at radius 3 is 2.22 bits per heavy atom. The molecule has 0 radical (unpaired) electrons. The van der Waals surface area contributed by atoms with E-state index in [4.69, 9.17) is 4.74 Å². The lowest BCUT2D eigenvalue weighted by molar-refractivity contribution is -0.116. The summed E-state index contributed by atoms with van der Waals surface area (Å²) in [6.45, 7) is 4.64. The molecular weight excluding hydrogens is 468 g/mol. The maximum absolute atomic E-state index is 12.8. The van der Waals surface area contributed by atoms with E-state index >= 15 is 0 Å². The quantitative estimate of drug-likeness (QED) is 0.366. The van der Waals surface area contributed by atoms with Gasteiger partial charge in [0.05, 0.1) is 12.2 Å². The van der Waals surface area contributed by atoms with Crippen molar-refractivity contribution in [2.24, 2.45) is 5.92 Å². The average molecular weight is 495 g/mol. The Balaban J connectivity index is 1.58. The van der Waals surface area contributed by atoms with Gasteiger partial charge in [-0.3, -0.25) is 9.59 Å². The van der Waals surface area contributed by atoms with Crippen molar-refractivity contribution in [3.05, 3.63) is 88.4 Å². The molecule has 0 saturated heterocycles. The van der Waals surface area contributed by atoms with Crippen molar-refractivity contribution in [2.45, 2.75) is 26.7 Å². The van der Waals surface area contributed by atoms with Crippen molar-refractivity contribution in [1.29, 1.82) is 0 Å². The zero-order valence-electron chi connectivity index (χ0n) is 18.2. The number of carbonyl (C=O) groups excluding carboxylic acids is 2. The number of carbonyl (C=O) groups is 2. The van der Waals surface area contributed by atoms with Gasteiger partial charge in [0, 0.05) is 22.3 Å². The van der Waals surface area contributed by atoms with Crippen LogP contribution in [0.1, 0.15) is 36.2 Å². The predicted octanol–water partition coefficient (Wildman–Crippen LogP) is 6.31. The Morgan fingerprint density at radius 1 is 0.906 bits per heavy atom. The molecular formula is C26H27BrN2O3. The summed E-state index contributed by atoms with van der Waals surface area (Å²) in [6, 6.07) is 22.4. The van der Waals surface area contributed by atoms with Crippen LogP contribution in [0.3, 0.4) is 0 Å². The highest BCUT2D eigenvalue weighted by Gasteiger charge is 2.14. The van der Waals surface area contributed by atoms with Gasteiger partial charge in [0.2, 0.25) is 5.91 Å². The standard InChI is InChI=1S/C26H27BrN2O3/c1-18(2)17-32-24-14-9-20(27)16-23(24)26(31)29-22-12-10-21(11-13-22)28-25(30)15-8-19-6-4-3-5-7-19/h3-7,9-14,16,18H,8,15,17H2,1-2H3,(H,28,30)(H,29,31). The Labute approximate surface area is 197 Å². The van der Waals surface area contributed by atoms with Crippen LogP contribution >= 0.6 is 15.9 Å². The first-order chi connectivity index (χ1) is 15.4. The van der Waals surface area contributed by atoms with Crippen LogP contribution in [0.2, 0.25) is 0 Å². The summed E-state index contributed by atoms with van der Waals surface area (Å²) in [5.41, 5.74) is 2.90. The summed E-state index contributed by atoms with van der Waals surface area (Å²) in [5, 5.41) is 5.78. The second-order valence-electron chi connectivity index (χ2n) is 7.91. The first kappa shape index (κ1) is 23.5. The van der Waals surface area contributed by atoms with E-state index in [1.54, 1.807) is 36.4 Å². The zero-order chi connectivity index (χ0) is 22.9. The number of halogens is 1. The van der Waals surface area contributed by atoms with Crippen molar-refractivity contribution in [1.82, 2.24) is 0 Å². The van der Waals surface area contributed by atoms with Gasteiger partial charge in [0.1, 0.15) is 5.75 Å². The fourth-order valence-electron chi connectivity index (χ4n) is 3.02. The lowest BCUT2D eigenvalue weighted by Gasteiger charge is -2.14. The van der Waals surface area contributed by atoms with E-state index < -0.39 is 0 Å². The normalized spacial score (nSPS) is 10.6. The van der Waals surface area contributed by atoms with Crippen molar-refractivity contribution in [2.75, 3.05) is 17.2 Å². The van der Waals surface area contributed by atoms with Gasteiger partial charge in [0.25, 0.3) is 5.91 Å². The van der Waals surface area contributed by atoms with Crippen molar-refractivity contribution in [3.63, 3.8) is 0 Å². The molecule has 166 valence electrons. The van der Waals surface area contributed by atoms with Crippen LogP contribution in [0.15, 0.2) is 77.3 Å². The Morgan fingerprint density at radius 2 is 1.56 bits per heavy atom. The number of rotatable bonds is 9. The molecule has 3 aromatic rings. The van der Waals surface area contributed by atoms with Gasteiger partial charge in [0.15, 0.2) is 0 Å². The third-order valence-corrected chi connectivity index (χ3v) is 5.16. The molecule has 3 aromatic carbocycles. The molecule has 0 atom stereocenters. The average Bonchev–Trinajstić information content (AvgIpc) is 2.78. The summed E-state index contributed by atoms with van der Waals surface area (Å²) in [5.74, 6) is 0.586. The fraction of sp³-hybridized carbons (Fsp3) is 0.231. The highest BCUT2D eigenvalue weighted by atomic mass is 79.9. The largest absolute Gasteiger partial charge is 0.492 e. The van der Waals surface area contributed by atoms with E-state index in [1.807, 2.05) is 36.4 Å². The number of amides is 2. The maximum Gasteiger partial charge on any atom is 0.259 e. The molecule has 0 spiro atoms. The zero-order valence-corrected chi connectivity index (χ0v) is 19.8. The smallest absolute Gasteiger partial charge is 0.259 e. The number of hydrogen-bond acceptors (Lipinski definition) is 3. The molecule has 0 bridgehead atoms. The fourth-order valence-corrected chi connectivity index (χ4v) is 3.38. The van der Waals surface area contributed by atoms with Gasteiger partial charge in [-0.25, -0.2) is 0 Å². The maximum atomic E-state index is 12.8. The summed E-state index contributed by atoms with van der Waals surface area (Å²) in [6.07, 6.45) is 1.10. The molecule has 0 saturated carbocycles. The highest BCUT2D eigenvalue weighted by Crippen LogP contribution is 2.25. The van der Waals surface area contributed by atoms with Crippen LogP contribution in [0.5, 0.6) is 5.75 Å². The van der Waals surface area contributed by atoms with Crippen LogP contribution in [0, 0.1) is 5.92 Å². The van der Waals surface area contributed by atoms with Crippen LogP contribution in [0.4, 0.5) is 11.4 Å². The molecule has 3 rings (SSSR count). The lowest BCUT2D eigenvalue weighted by atomic mass is 10.1. The van der Waals surface area contributed by atoms with Crippen molar-refractivity contribution < 1.29 is 14.3 Å². The first-order valence-electron chi connectivity index (χ1n) is 10.6. The molecule has 2 N–H and O–H groups in total. The van der Waals surface area contributed by atoms with E-state index in [0.717, 1.165) is 10.0 Å². The Kier molecular flexibility index (Phi) is 8.45. The van der Waals surface area contributed by atoms with Gasteiger partial charge in [-0.15, -0.1) is 0 Å². The van der Waals surface area contributed by atoms with Crippen molar-refractivity contribution >= 4 is 39.1 Å². The van der Waals surface area contributed by atoms with E-state index in [1.165, 1.54) is 0 Å². The van der Waals surface area contributed by atoms with E-state index in [9.17, 15) is 9.59 Å². The minimum atomic E-state index is -0.260. The number of anilines is 2. The summed E-state index contributed by atoms with van der Waals surface area (Å²) < 4.78 is 6.60. The minimum absolute atomic E-state index is 0.0493. The topological polar surface area (TPSA) is 67.4 Å². The molecule has 0 aromatic heterocycles. The third-order valence-electron chi connectivity index (χ3n) is 4.67. The molecule has 2 amide bonds. The summed E-state index contributed by atoms with van der Waals surface area (Å²) in [4.78, 5) is 25.0. The van der Waals surface area contributed by atoms with Crippen LogP contribution in [-0.4, -0.2) is 18.4 Å². The number of nitrogens with one attached hydrogen (secondary N) is 2. The molecule has 6 heteroatoms. The number of hydrogen-bond donors (Lipinski definition) is 2. The molecule has 0 fully saturated rings. The van der Waals surface area contributed by atoms with Gasteiger partial charge >= 0.3 is 0 Å². The first-order valence-corrected chi connectivity index (χ1v) is 11.4. The summed E-state index contributed by atoms with van der Waals surface area (Å²) >= 11 is 3.41. The van der Waals surface area contributed by atoms with Gasteiger partial charge in [-0.1, -0.05) is 60.1 Å². The molecule has 0 heterocycles. The van der Waals surface area contributed by atoms with Crippen molar-refractivity contribution in [3.8, 4) is 5.75 Å². The SMILES string of the molecule is CC(C)COc1ccc(Br)cc1C(=O)Nc1ccc(NC(=O)CCc2ccccc2)cc1. The predicted molar refractivity (Wildman–Crippen MR) is 132 cm³/mol. The van der Waals surface area contributed by atoms with E-state index in [2.05, 4.69) is 40.4 Å². The molecule has 5 nitrogen and oxygen atoms in total. The highest BCUT2D eigenvalue weighted by molar-refractivity contribution is 9.10. The monoisotopic (exact) mass is 494 g/mol. The molecule has 0 aliphatic rings. The second kappa shape index (κ2) is 11.5. The van der Waals surface area contributed by atoms with Gasteiger partial charge < -0.3 is 15.4 Å². The van der Waals surface area contributed by atoms with E-state index in [-0.39, 0.29) is 11.8 Å². The second-order valence-corrected chi connectivity index (χ2v) is 8.83. The molecule has 0 aliphatic carbocycles. The molecule has 32 heavy (non-hydrogen) atoms. The number of benzene rings is 3. The van der Waals surface area contributed by atoms with E-state index in [0.29, 0.717) is 48.1 Å². The Hall–Kier alpha value is -3.12. The Bertz CT molecular complexity index is 1050. The number of aryl methyl sites for hydroxylation is 1. The number of ether oxygens (including phenoxy) is 1.